The van der Waals surface area contributed by atoms with Gasteiger partial charge in [-0.25, -0.2) is 4.98 Å². The van der Waals surface area contributed by atoms with Crippen molar-refractivity contribution in [1.29, 1.82) is 0 Å². The van der Waals surface area contributed by atoms with Gasteiger partial charge in [0, 0.05) is 36.3 Å². The molecule has 0 aromatic carbocycles. The van der Waals surface area contributed by atoms with Gasteiger partial charge >= 0.3 is 0 Å². The third kappa shape index (κ3) is 5.09. The minimum Gasteiger partial charge on any atom is -0.370 e. The summed E-state index contributed by atoms with van der Waals surface area (Å²) in [6, 6.07) is 2.25. The minimum atomic E-state index is -0.105. The Bertz CT molecular complexity index is 451. The van der Waals surface area contributed by atoms with Gasteiger partial charge in [-0.15, -0.1) is 0 Å². The maximum Gasteiger partial charge on any atom is 0.255 e. The highest BCUT2D eigenvalue weighted by Crippen LogP contribution is 2.17. The zero-order chi connectivity index (χ0) is 15.1. The topological polar surface area (TPSA) is 57.3 Å². The highest BCUT2D eigenvalue weighted by Gasteiger charge is 2.13. The third-order valence-corrected chi connectivity index (χ3v) is 3.51. The van der Waals surface area contributed by atoms with Gasteiger partial charge in [-0.2, -0.15) is 0 Å². The summed E-state index contributed by atoms with van der Waals surface area (Å²) in [6.45, 7) is 8.40. The van der Waals surface area contributed by atoms with Gasteiger partial charge in [-0.1, -0.05) is 0 Å². The van der Waals surface area contributed by atoms with Crippen LogP contribution < -0.4 is 10.6 Å². The lowest BCUT2D eigenvalue weighted by atomic mass is 10.2. The largest absolute Gasteiger partial charge is 0.370 e. The van der Waals surface area contributed by atoms with Crippen LogP contribution in [0.1, 0.15) is 31.1 Å². The van der Waals surface area contributed by atoms with Crippen molar-refractivity contribution in [2.24, 2.45) is 0 Å². The van der Waals surface area contributed by atoms with Gasteiger partial charge in [0.2, 0.25) is 0 Å². The van der Waals surface area contributed by atoms with Gasteiger partial charge in [0.05, 0.1) is 5.56 Å². The monoisotopic (exact) mass is 342 g/mol. The molecule has 2 N–H and O–H groups in total. The Morgan fingerprint density at radius 3 is 2.80 bits per heavy atom. The van der Waals surface area contributed by atoms with Crippen molar-refractivity contribution in [1.82, 2.24) is 15.2 Å². The lowest BCUT2D eigenvalue weighted by molar-refractivity contribution is 0.0948. The Hall–Kier alpha value is -1.14. The summed E-state index contributed by atoms with van der Waals surface area (Å²) >= 11 is 3.35. The Kier molecular flexibility index (Phi) is 6.95. The number of hydrogen-bond donors (Lipinski definition) is 2. The van der Waals surface area contributed by atoms with Gasteiger partial charge < -0.3 is 15.5 Å². The second-order valence-electron chi connectivity index (χ2n) is 4.91. The van der Waals surface area contributed by atoms with Crippen LogP contribution in [-0.2, 0) is 0 Å². The highest BCUT2D eigenvalue weighted by atomic mass is 79.9. The molecule has 1 aromatic rings. The molecule has 0 atom stereocenters. The molecule has 0 bridgehead atoms. The fourth-order valence-corrected chi connectivity index (χ4v) is 1.95. The van der Waals surface area contributed by atoms with Crippen LogP contribution in [0.25, 0.3) is 0 Å². The number of rotatable bonds is 7. The van der Waals surface area contributed by atoms with Crippen molar-refractivity contribution in [2.75, 3.05) is 32.0 Å². The van der Waals surface area contributed by atoms with E-state index in [1.54, 1.807) is 12.3 Å². The first kappa shape index (κ1) is 16.9. The molecule has 6 heteroatoms. The number of carbonyl (C=O) groups is 1. The second kappa shape index (κ2) is 8.21. The van der Waals surface area contributed by atoms with Crippen LogP contribution in [0.4, 0.5) is 5.82 Å². The molecule has 5 nitrogen and oxygen atoms in total. The molecule has 112 valence electrons. The summed E-state index contributed by atoms with van der Waals surface area (Å²) in [4.78, 5) is 18.6. The minimum absolute atomic E-state index is 0.105. The van der Waals surface area contributed by atoms with Crippen molar-refractivity contribution >= 4 is 27.7 Å². The summed E-state index contributed by atoms with van der Waals surface area (Å²) < 4.78 is 0.795. The molecule has 0 spiro atoms. The van der Waals surface area contributed by atoms with E-state index in [9.17, 15) is 4.79 Å². The molecule has 1 amide bonds. The number of carbonyl (C=O) groups excluding carboxylic acids is 1. The van der Waals surface area contributed by atoms with Gasteiger partial charge in [-0.3, -0.25) is 4.79 Å². The van der Waals surface area contributed by atoms with E-state index in [2.05, 4.69) is 50.3 Å². The number of amides is 1. The van der Waals surface area contributed by atoms with E-state index in [0.29, 0.717) is 24.0 Å². The van der Waals surface area contributed by atoms with E-state index < -0.39 is 0 Å². The average molecular weight is 343 g/mol. The Balaban J connectivity index is 2.65. The second-order valence-corrected chi connectivity index (χ2v) is 5.83. The first-order valence-corrected chi connectivity index (χ1v) is 7.62. The SMILES string of the molecule is CCNc1ncc(Br)cc1C(=O)NCCN(C)C(C)C. The zero-order valence-corrected chi connectivity index (χ0v) is 14.1. The predicted molar refractivity (Wildman–Crippen MR) is 86.2 cm³/mol. The first-order chi connectivity index (χ1) is 9.45. The molecule has 0 fully saturated rings. The quantitative estimate of drug-likeness (QED) is 0.798. The molecule has 0 saturated heterocycles. The molecule has 1 heterocycles. The van der Waals surface area contributed by atoms with Crippen LogP contribution in [0, 0.1) is 0 Å². The smallest absolute Gasteiger partial charge is 0.255 e. The molecular formula is C14H23BrN4O. The third-order valence-electron chi connectivity index (χ3n) is 3.07. The van der Waals surface area contributed by atoms with Gasteiger partial charge in [0.25, 0.3) is 5.91 Å². The van der Waals surface area contributed by atoms with Crippen molar-refractivity contribution in [3.8, 4) is 0 Å². The van der Waals surface area contributed by atoms with Crippen LogP contribution >= 0.6 is 15.9 Å². The number of likely N-dealkylation sites (N-methyl/N-ethyl adjacent to an activating group) is 1. The summed E-state index contributed by atoms with van der Waals surface area (Å²) in [5.74, 6) is 0.511. The fourth-order valence-electron chi connectivity index (χ4n) is 1.62. The molecule has 0 aliphatic heterocycles. The maximum absolute atomic E-state index is 12.2. The highest BCUT2D eigenvalue weighted by molar-refractivity contribution is 9.10. The average Bonchev–Trinajstić information content (AvgIpc) is 2.40. The Labute approximate surface area is 129 Å². The molecule has 0 saturated carbocycles. The van der Waals surface area contributed by atoms with Gasteiger partial charge in [0.1, 0.15) is 5.82 Å². The van der Waals surface area contributed by atoms with E-state index in [1.165, 1.54) is 0 Å². The molecule has 0 aliphatic rings. The number of hydrogen-bond acceptors (Lipinski definition) is 4. The van der Waals surface area contributed by atoms with Crippen molar-refractivity contribution in [2.45, 2.75) is 26.8 Å². The van der Waals surface area contributed by atoms with E-state index in [0.717, 1.165) is 17.6 Å². The Morgan fingerprint density at radius 2 is 2.20 bits per heavy atom. The van der Waals surface area contributed by atoms with Crippen LogP contribution in [0.2, 0.25) is 0 Å². The molecular weight excluding hydrogens is 320 g/mol. The van der Waals surface area contributed by atoms with Crippen LogP contribution in [0.15, 0.2) is 16.7 Å². The van der Waals surface area contributed by atoms with E-state index >= 15 is 0 Å². The molecule has 1 rings (SSSR count). The van der Waals surface area contributed by atoms with Crippen molar-refractivity contribution in [3.63, 3.8) is 0 Å². The Morgan fingerprint density at radius 1 is 1.50 bits per heavy atom. The number of aromatic nitrogens is 1. The summed E-state index contributed by atoms with van der Waals surface area (Å²) in [5, 5.41) is 6.03. The number of nitrogens with one attached hydrogen (secondary N) is 2. The van der Waals surface area contributed by atoms with Crippen LogP contribution in [0.3, 0.4) is 0 Å². The zero-order valence-electron chi connectivity index (χ0n) is 12.5. The van der Waals surface area contributed by atoms with Crippen molar-refractivity contribution < 1.29 is 4.79 Å². The maximum atomic E-state index is 12.2. The molecule has 0 radical (unpaired) electrons. The van der Waals surface area contributed by atoms with E-state index in [-0.39, 0.29) is 5.91 Å². The number of pyridine rings is 1. The summed E-state index contributed by atoms with van der Waals surface area (Å²) in [7, 11) is 2.04. The number of nitrogens with zero attached hydrogens (tertiary/aromatic N) is 2. The normalized spacial score (nSPS) is 10.9. The van der Waals surface area contributed by atoms with Crippen LogP contribution in [-0.4, -0.2) is 48.5 Å². The molecule has 0 aliphatic carbocycles. The van der Waals surface area contributed by atoms with Crippen molar-refractivity contribution in [3.05, 3.63) is 22.3 Å². The summed E-state index contributed by atoms with van der Waals surface area (Å²) in [6.07, 6.45) is 1.68. The number of anilines is 1. The fraction of sp³-hybridized carbons (Fsp3) is 0.571. The number of halogens is 1. The van der Waals surface area contributed by atoms with Gasteiger partial charge in [0.15, 0.2) is 0 Å². The lowest BCUT2D eigenvalue weighted by Gasteiger charge is -2.21. The van der Waals surface area contributed by atoms with E-state index in [1.807, 2.05) is 14.0 Å². The molecule has 1 aromatic heterocycles. The standard InChI is InChI=1S/C14H23BrN4O/c1-5-16-13-12(8-11(15)9-18-13)14(20)17-6-7-19(4)10(2)3/h8-10H,5-7H2,1-4H3,(H,16,18)(H,17,20). The summed E-state index contributed by atoms with van der Waals surface area (Å²) in [5.41, 5.74) is 0.563. The van der Waals surface area contributed by atoms with Crippen LogP contribution in [0.5, 0.6) is 0 Å². The lowest BCUT2D eigenvalue weighted by Crippen LogP contribution is -2.36. The van der Waals surface area contributed by atoms with Gasteiger partial charge in [-0.05, 0) is 49.8 Å². The predicted octanol–water partition coefficient (Wildman–Crippen LogP) is 2.35. The van der Waals surface area contributed by atoms with E-state index in [4.69, 9.17) is 0 Å². The molecule has 20 heavy (non-hydrogen) atoms. The molecule has 0 unspecified atom stereocenters. The first-order valence-electron chi connectivity index (χ1n) is 6.83.